The SMILES string of the molecule is CCCC[N+](CCCC)(CCCC)CCCC.[F-].c1ccncc1. The van der Waals surface area contributed by atoms with Gasteiger partial charge >= 0.3 is 0 Å². The van der Waals surface area contributed by atoms with Crippen molar-refractivity contribution in [2.75, 3.05) is 26.2 Å². The predicted molar refractivity (Wildman–Crippen MR) is 104 cm³/mol. The third kappa shape index (κ3) is 13.5. The maximum absolute atomic E-state index is 3.78. The highest BCUT2D eigenvalue weighted by atomic mass is 19.0. The summed E-state index contributed by atoms with van der Waals surface area (Å²) in [6.07, 6.45) is 14.6. The number of hydrogen-bond donors (Lipinski definition) is 0. The normalized spacial score (nSPS) is 10.5. The van der Waals surface area contributed by atoms with Gasteiger partial charge in [0, 0.05) is 12.4 Å². The second kappa shape index (κ2) is 18.4. The lowest BCUT2D eigenvalue weighted by Crippen LogP contribution is -3.00. The van der Waals surface area contributed by atoms with Crippen LogP contribution in [0.4, 0.5) is 0 Å². The highest BCUT2D eigenvalue weighted by Gasteiger charge is 2.24. The molecule has 0 amide bonds. The number of hydrogen-bond acceptors (Lipinski definition) is 1. The van der Waals surface area contributed by atoms with Crippen molar-refractivity contribution in [2.45, 2.75) is 79.1 Å². The Morgan fingerprint density at radius 1 is 0.583 bits per heavy atom. The fourth-order valence-electron chi connectivity index (χ4n) is 2.96. The molecule has 0 aromatic carbocycles. The molecule has 1 aromatic heterocycles. The minimum absolute atomic E-state index is 0. The summed E-state index contributed by atoms with van der Waals surface area (Å²) in [7, 11) is 0. The van der Waals surface area contributed by atoms with Gasteiger partial charge in [-0.25, -0.2) is 0 Å². The van der Waals surface area contributed by atoms with E-state index in [9.17, 15) is 0 Å². The molecular weight excluding hydrogens is 299 g/mol. The summed E-state index contributed by atoms with van der Waals surface area (Å²) in [5.41, 5.74) is 0. The molecule has 0 saturated heterocycles. The van der Waals surface area contributed by atoms with Crippen LogP contribution in [-0.2, 0) is 0 Å². The third-order valence-corrected chi connectivity index (χ3v) is 4.51. The van der Waals surface area contributed by atoms with Crippen LogP contribution in [0.3, 0.4) is 0 Å². The molecule has 0 N–H and O–H groups in total. The zero-order valence-electron chi connectivity index (χ0n) is 16.6. The Kier molecular flexibility index (Phi) is 19.4. The van der Waals surface area contributed by atoms with Crippen molar-refractivity contribution in [3.8, 4) is 0 Å². The monoisotopic (exact) mass is 340 g/mol. The molecule has 3 heteroatoms. The van der Waals surface area contributed by atoms with Crippen molar-refractivity contribution in [1.29, 1.82) is 0 Å². The van der Waals surface area contributed by atoms with Gasteiger partial charge in [0.2, 0.25) is 0 Å². The van der Waals surface area contributed by atoms with Gasteiger partial charge in [-0.1, -0.05) is 59.4 Å². The van der Waals surface area contributed by atoms with E-state index in [1.54, 1.807) is 12.4 Å². The average Bonchev–Trinajstić information content (AvgIpc) is 2.62. The van der Waals surface area contributed by atoms with Gasteiger partial charge in [0.15, 0.2) is 0 Å². The van der Waals surface area contributed by atoms with Gasteiger partial charge in [0.25, 0.3) is 0 Å². The van der Waals surface area contributed by atoms with Crippen molar-refractivity contribution in [3.05, 3.63) is 30.6 Å². The van der Waals surface area contributed by atoms with Gasteiger partial charge in [-0.3, -0.25) is 4.98 Å². The summed E-state index contributed by atoms with van der Waals surface area (Å²) in [6, 6.07) is 5.72. The van der Waals surface area contributed by atoms with Crippen molar-refractivity contribution >= 4 is 0 Å². The van der Waals surface area contributed by atoms with Crippen LogP contribution in [0.15, 0.2) is 30.6 Å². The second-order valence-corrected chi connectivity index (χ2v) is 6.67. The number of unbranched alkanes of at least 4 members (excludes halogenated alkanes) is 4. The smallest absolute Gasteiger partial charge is 0.0786 e. The van der Waals surface area contributed by atoms with Crippen LogP contribution in [0.1, 0.15) is 79.1 Å². The highest BCUT2D eigenvalue weighted by Crippen LogP contribution is 2.16. The molecule has 142 valence electrons. The van der Waals surface area contributed by atoms with Crippen LogP contribution in [0, 0.1) is 0 Å². The molecule has 0 aliphatic heterocycles. The molecule has 0 spiro atoms. The number of nitrogens with zero attached hydrogens (tertiary/aromatic N) is 2. The molecule has 0 aliphatic carbocycles. The van der Waals surface area contributed by atoms with E-state index >= 15 is 0 Å². The maximum atomic E-state index is 3.78. The number of rotatable bonds is 12. The number of quaternary nitrogens is 1. The minimum Gasteiger partial charge on any atom is -1.00 e. The van der Waals surface area contributed by atoms with E-state index in [4.69, 9.17) is 0 Å². The Balaban J connectivity index is 0. The Hall–Kier alpha value is -0.960. The number of halogens is 1. The Morgan fingerprint density at radius 2 is 0.917 bits per heavy atom. The first-order chi connectivity index (χ1) is 11.2. The van der Waals surface area contributed by atoms with E-state index in [-0.39, 0.29) is 4.70 Å². The molecule has 2 nitrogen and oxygen atoms in total. The quantitative estimate of drug-likeness (QED) is 0.533. The van der Waals surface area contributed by atoms with Crippen LogP contribution in [0.2, 0.25) is 0 Å². The molecule has 0 unspecified atom stereocenters. The zero-order chi connectivity index (χ0) is 17.2. The summed E-state index contributed by atoms with van der Waals surface area (Å²) < 4.78 is 1.42. The first-order valence-electron chi connectivity index (χ1n) is 9.94. The Morgan fingerprint density at radius 3 is 1.08 bits per heavy atom. The first kappa shape index (κ1) is 25.3. The van der Waals surface area contributed by atoms with Crippen LogP contribution in [0.5, 0.6) is 0 Å². The Labute approximate surface area is 150 Å². The van der Waals surface area contributed by atoms with Crippen LogP contribution in [0.25, 0.3) is 0 Å². The van der Waals surface area contributed by atoms with Gasteiger partial charge in [-0.15, -0.1) is 0 Å². The van der Waals surface area contributed by atoms with E-state index in [1.807, 2.05) is 18.2 Å². The van der Waals surface area contributed by atoms with Crippen LogP contribution < -0.4 is 4.70 Å². The first-order valence-corrected chi connectivity index (χ1v) is 9.94. The molecule has 0 fully saturated rings. The summed E-state index contributed by atoms with van der Waals surface area (Å²) in [4.78, 5) is 3.78. The number of pyridine rings is 1. The molecule has 0 saturated carbocycles. The minimum atomic E-state index is 0. The van der Waals surface area contributed by atoms with Crippen molar-refractivity contribution in [1.82, 2.24) is 4.98 Å². The van der Waals surface area contributed by atoms with Crippen LogP contribution >= 0.6 is 0 Å². The van der Waals surface area contributed by atoms with E-state index in [0.29, 0.717) is 0 Å². The molecule has 0 bridgehead atoms. The molecule has 1 aromatic rings. The van der Waals surface area contributed by atoms with E-state index in [2.05, 4.69) is 32.7 Å². The van der Waals surface area contributed by atoms with Crippen molar-refractivity contribution in [3.63, 3.8) is 0 Å². The number of aromatic nitrogens is 1. The van der Waals surface area contributed by atoms with Gasteiger partial charge in [-0.2, -0.15) is 0 Å². The third-order valence-electron chi connectivity index (χ3n) is 4.51. The fraction of sp³-hybridized carbons (Fsp3) is 0.762. The van der Waals surface area contributed by atoms with Gasteiger partial charge in [0.05, 0.1) is 26.2 Å². The van der Waals surface area contributed by atoms with Gasteiger partial charge in [0.1, 0.15) is 0 Å². The highest BCUT2D eigenvalue weighted by molar-refractivity contribution is 4.88. The topological polar surface area (TPSA) is 12.9 Å². The average molecular weight is 341 g/mol. The molecule has 0 aliphatic rings. The lowest BCUT2D eigenvalue weighted by Gasteiger charge is -2.39. The Bertz CT molecular complexity index is 266. The van der Waals surface area contributed by atoms with E-state index in [0.717, 1.165) is 0 Å². The van der Waals surface area contributed by atoms with Crippen LogP contribution in [-0.4, -0.2) is 35.6 Å². The molecule has 1 heterocycles. The summed E-state index contributed by atoms with van der Waals surface area (Å²) >= 11 is 0. The summed E-state index contributed by atoms with van der Waals surface area (Å²) in [5.74, 6) is 0. The van der Waals surface area contributed by atoms with Crippen molar-refractivity contribution in [2.24, 2.45) is 0 Å². The largest absolute Gasteiger partial charge is 1.00 e. The molecule has 1 rings (SSSR count). The molecule has 0 atom stereocenters. The molecule has 24 heavy (non-hydrogen) atoms. The summed E-state index contributed by atoms with van der Waals surface area (Å²) in [6.45, 7) is 15.0. The van der Waals surface area contributed by atoms with Crippen molar-refractivity contribution < 1.29 is 9.19 Å². The lowest BCUT2D eigenvalue weighted by atomic mass is 10.1. The lowest BCUT2D eigenvalue weighted by molar-refractivity contribution is -0.929. The van der Waals surface area contributed by atoms with E-state index in [1.165, 1.54) is 82.0 Å². The van der Waals surface area contributed by atoms with E-state index < -0.39 is 0 Å². The molecule has 0 radical (unpaired) electrons. The predicted octanol–water partition coefficient (Wildman–Crippen LogP) is 3.09. The second-order valence-electron chi connectivity index (χ2n) is 6.67. The zero-order valence-corrected chi connectivity index (χ0v) is 16.6. The fourth-order valence-corrected chi connectivity index (χ4v) is 2.96. The van der Waals surface area contributed by atoms with Gasteiger partial charge in [-0.05, 0) is 37.8 Å². The maximum Gasteiger partial charge on any atom is 0.0786 e. The van der Waals surface area contributed by atoms with Gasteiger partial charge < -0.3 is 9.19 Å². The molecular formula is C21H41FN2. The summed E-state index contributed by atoms with van der Waals surface area (Å²) in [5, 5.41) is 0. The standard InChI is InChI=1S/C16H36N.C5H5N.FH/c1-5-9-13-17(14-10-6-2,15-11-7-3)16-12-8-4;1-2-4-6-5-3-1;/h5-16H2,1-4H3;1-5H;1H/q+1;;/p-1.